The summed E-state index contributed by atoms with van der Waals surface area (Å²) in [7, 11) is 1.62. The summed E-state index contributed by atoms with van der Waals surface area (Å²) >= 11 is 1.60. The zero-order chi connectivity index (χ0) is 21.8. The Labute approximate surface area is 184 Å². The molecule has 3 amide bonds. The van der Waals surface area contributed by atoms with E-state index in [1.54, 1.807) is 47.6 Å². The first-order valence-electron chi connectivity index (χ1n) is 9.96. The van der Waals surface area contributed by atoms with E-state index >= 15 is 0 Å². The van der Waals surface area contributed by atoms with Crippen LogP contribution in [0.5, 0.6) is 5.75 Å². The van der Waals surface area contributed by atoms with Crippen molar-refractivity contribution >= 4 is 34.7 Å². The fourth-order valence-electron chi connectivity index (χ4n) is 3.63. The second-order valence-corrected chi connectivity index (χ2v) is 8.25. The fraction of sp³-hybridized carbons (Fsp3) is 0.208. The molecule has 1 saturated heterocycles. The van der Waals surface area contributed by atoms with Gasteiger partial charge in [-0.25, -0.2) is 0 Å². The monoisotopic (exact) mass is 434 g/mol. The molecular formula is C24H22N2O4S. The minimum Gasteiger partial charge on any atom is -0.496 e. The van der Waals surface area contributed by atoms with Gasteiger partial charge in [-0.2, -0.15) is 0 Å². The molecule has 0 bridgehead atoms. The Kier molecular flexibility index (Phi) is 6.13. The van der Waals surface area contributed by atoms with E-state index in [1.165, 1.54) is 4.90 Å². The standard InChI is InChI=1S/C24H22N2O4S/c1-30-21-7-3-2-5-18(21)15-25(16-20-6-4-14-31-20)24(29)17-8-10-19(11-9-17)26-22(27)12-13-23(26)28/h2-11,14H,12-13,15-16H2,1H3. The Morgan fingerprint density at radius 2 is 1.68 bits per heavy atom. The molecule has 0 unspecified atom stereocenters. The summed E-state index contributed by atoms with van der Waals surface area (Å²) in [4.78, 5) is 41.4. The molecule has 0 radical (unpaired) electrons. The number of carbonyl (C=O) groups is 3. The zero-order valence-electron chi connectivity index (χ0n) is 17.1. The van der Waals surface area contributed by atoms with Crippen molar-refractivity contribution in [3.8, 4) is 5.75 Å². The summed E-state index contributed by atoms with van der Waals surface area (Å²) in [5, 5.41) is 1.99. The topological polar surface area (TPSA) is 66.9 Å². The first-order chi connectivity index (χ1) is 15.1. The minimum atomic E-state index is -0.209. The number of rotatable bonds is 7. The number of hydrogen-bond donors (Lipinski definition) is 0. The van der Waals surface area contributed by atoms with Crippen molar-refractivity contribution in [2.24, 2.45) is 0 Å². The van der Waals surface area contributed by atoms with Crippen LogP contribution in [0.1, 0.15) is 33.6 Å². The molecule has 0 aliphatic carbocycles. The number of hydrogen-bond acceptors (Lipinski definition) is 5. The molecule has 2 aromatic carbocycles. The summed E-state index contributed by atoms with van der Waals surface area (Å²) in [5.41, 5.74) is 1.91. The summed E-state index contributed by atoms with van der Waals surface area (Å²) in [5.74, 6) is 0.178. The van der Waals surface area contributed by atoms with Crippen molar-refractivity contribution < 1.29 is 19.1 Å². The third kappa shape index (κ3) is 4.51. The molecule has 31 heavy (non-hydrogen) atoms. The molecule has 2 heterocycles. The van der Waals surface area contributed by atoms with E-state index in [0.29, 0.717) is 24.3 Å². The van der Waals surface area contributed by atoms with Crippen molar-refractivity contribution in [2.45, 2.75) is 25.9 Å². The predicted molar refractivity (Wildman–Crippen MR) is 119 cm³/mol. The van der Waals surface area contributed by atoms with Gasteiger partial charge in [-0.1, -0.05) is 24.3 Å². The van der Waals surface area contributed by atoms with Crippen LogP contribution in [0.3, 0.4) is 0 Å². The number of nitrogens with zero attached hydrogens (tertiary/aromatic N) is 2. The fourth-order valence-corrected chi connectivity index (χ4v) is 4.35. The Morgan fingerprint density at radius 1 is 0.968 bits per heavy atom. The molecule has 158 valence electrons. The summed E-state index contributed by atoms with van der Waals surface area (Å²) in [6.07, 6.45) is 0.458. The zero-order valence-corrected chi connectivity index (χ0v) is 17.9. The number of anilines is 1. The maximum atomic E-state index is 13.4. The highest BCUT2D eigenvalue weighted by molar-refractivity contribution is 7.09. The highest BCUT2D eigenvalue weighted by Crippen LogP contribution is 2.25. The van der Waals surface area contributed by atoms with Crippen LogP contribution in [0.4, 0.5) is 5.69 Å². The van der Waals surface area contributed by atoms with Crippen LogP contribution in [-0.2, 0) is 22.7 Å². The van der Waals surface area contributed by atoms with E-state index in [-0.39, 0.29) is 30.6 Å². The molecule has 1 aromatic heterocycles. The summed E-state index contributed by atoms with van der Waals surface area (Å²) in [6.45, 7) is 0.866. The second kappa shape index (κ2) is 9.14. The number of methoxy groups -OCH3 is 1. The highest BCUT2D eigenvalue weighted by atomic mass is 32.1. The van der Waals surface area contributed by atoms with Gasteiger partial charge in [0.15, 0.2) is 0 Å². The molecule has 6 nitrogen and oxygen atoms in total. The Morgan fingerprint density at radius 3 is 2.32 bits per heavy atom. The largest absolute Gasteiger partial charge is 0.496 e. The molecule has 1 aliphatic heterocycles. The molecule has 1 fully saturated rings. The number of amides is 3. The van der Waals surface area contributed by atoms with Crippen molar-refractivity contribution in [1.29, 1.82) is 0 Å². The van der Waals surface area contributed by atoms with Gasteiger partial charge in [0, 0.05) is 28.8 Å². The second-order valence-electron chi connectivity index (χ2n) is 7.22. The quantitative estimate of drug-likeness (QED) is 0.522. The summed E-state index contributed by atoms with van der Waals surface area (Å²) in [6, 6.07) is 18.2. The number of para-hydroxylation sites is 1. The van der Waals surface area contributed by atoms with E-state index in [0.717, 1.165) is 16.2 Å². The normalized spacial score (nSPS) is 13.5. The molecule has 3 aromatic rings. The molecule has 7 heteroatoms. The summed E-state index contributed by atoms with van der Waals surface area (Å²) < 4.78 is 5.45. The van der Waals surface area contributed by atoms with Crippen molar-refractivity contribution in [1.82, 2.24) is 4.90 Å². The van der Waals surface area contributed by atoms with E-state index in [4.69, 9.17) is 4.74 Å². The number of ether oxygens (including phenoxy) is 1. The van der Waals surface area contributed by atoms with Gasteiger partial charge in [-0.15, -0.1) is 11.3 Å². The average Bonchev–Trinajstić information content (AvgIpc) is 3.42. The number of imide groups is 1. The van der Waals surface area contributed by atoms with Crippen molar-refractivity contribution in [3.05, 3.63) is 82.0 Å². The van der Waals surface area contributed by atoms with Crippen LogP contribution >= 0.6 is 11.3 Å². The smallest absolute Gasteiger partial charge is 0.254 e. The van der Waals surface area contributed by atoms with Gasteiger partial charge in [0.2, 0.25) is 11.8 Å². The Balaban J connectivity index is 1.59. The number of benzene rings is 2. The predicted octanol–water partition coefficient (Wildman–Crippen LogP) is 4.25. The molecule has 1 aliphatic rings. The van der Waals surface area contributed by atoms with E-state index in [2.05, 4.69) is 0 Å². The lowest BCUT2D eigenvalue weighted by Crippen LogP contribution is -2.30. The maximum absolute atomic E-state index is 13.4. The van der Waals surface area contributed by atoms with Gasteiger partial charge in [-0.05, 0) is 41.8 Å². The van der Waals surface area contributed by atoms with Gasteiger partial charge in [0.1, 0.15) is 5.75 Å². The average molecular weight is 435 g/mol. The molecule has 4 rings (SSSR count). The lowest BCUT2D eigenvalue weighted by atomic mass is 10.1. The van der Waals surface area contributed by atoms with E-state index in [9.17, 15) is 14.4 Å². The minimum absolute atomic E-state index is 0.134. The molecule has 0 atom stereocenters. The van der Waals surface area contributed by atoms with E-state index < -0.39 is 0 Å². The van der Waals surface area contributed by atoms with Crippen LogP contribution in [0.15, 0.2) is 66.0 Å². The van der Waals surface area contributed by atoms with Gasteiger partial charge in [-0.3, -0.25) is 19.3 Å². The third-order valence-corrected chi connectivity index (χ3v) is 6.05. The van der Waals surface area contributed by atoms with Gasteiger partial charge >= 0.3 is 0 Å². The van der Waals surface area contributed by atoms with Crippen LogP contribution in [0, 0.1) is 0 Å². The number of carbonyl (C=O) groups excluding carboxylic acids is 3. The van der Waals surface area contributed by atoms with Crippen molar-refractivity contribution in [3.63, 3.8) is 0 Å². The maximum Gasteiger partial charge on any atom is 0.254 e. The van der Waals surface area contributed by atoms with Crippen LogP contribution in [0.25, 0.3) is 0 Å². The first-order valence-corrected chi connectivity index (χ1v) is 10.8. The van der Waals surface area contributed by atoms with E-state index in [1.807, 2.05) is 41.8 Å². The lowest BCUT2D eigenvalue weighted by molar-refractivity contribution is -0.121. The van der Waals surface area contributed by atoms with Gasteiger partial charge in [0.05, 0.1) is 25.9 Å². The SMILES string of the molecule is COc1ccccc1CN(Cc1cccs1)C(=O)c1ccc(N2C(=O)CCC2=O)cc1. The van der Waals surface area contributed by atoms with Crippen LogP contribution in [-0.4, -0.2) is 29.7 Å². The molecule has 0 N–H and O–H groups in total. The molecule has 0 saturated carbocycles. The van der Waals surface area contributed by atoms with Crippen LogP contribution < -0.4 is 9.64 Å². The first kappa shape index (κ1) is 20.8. The van der Waals surface area contributed by atoms with Crippen molar-refractivity contribution in [2.75, 3.05) is 12.0 Å². The Bertz CT molecular complexity index is 1080. The van der Waals surface area contributed by atoms with Crippen LogP contribution in [0.2, 0.25) is 0 Å². The Hall–Kier alpha value is -3.45. The number of thiophene rings is 1. The lowest BCUT2D eigenvalue weighted by Gasteiger charge is -2.24. The van der Waals surface area contributed by atoms with Gasteiger partial charge in [0.25, 0.3) is 5.91 Å². The third-order valence-electron chi connectivity index (χ3n) is 5.19. The highest BCUT2D eigenvalue weighted by Gasteiger charge is 2.30. The molecular weight excluding hydrogens is 412 g/mol. The molecule has 0 spiro atoms. The van der Waals surface area contributed by atoms with Gasteiger partial charge < -0.3 is 9.64 Å².